The Bertz CT molecular complexity index is 219. The molecule has 1 rings (SSSR count). The minimum absolute atomic E-state index is 0.587. The van der Waals surface area contributed by atoms with E-state index in [9.17, 15) is 0 Å². The zero-order valence-corrected chi connectivity index (χ0v) is 7.40. The van der Waals surface area contributed by atoms with Gasteiger partial charge in [0.15, 0.2) is 5.82 Å². The molecule has 0 saturated heterocycles. The Morgan fingerprint density at radius 2 is 2.33 bits per heavy atom. The molecule has 0 aliphatic rings. The van der Waals surface area contributed by atoms with Gasteiger partial charge in [0, 0.05) is 13.0 Å². The van der Waals surface area contributed by atoms with E-state index in [1.165, 1.54) is 0 Å². The van der Waals surface area contributed by atoms with Gasteiger partial charge in [0.2, 0.25) is 0 Å². The van der Waals surface area contributed by atoms with E-state index in [0.717, 1.165) is 25.1 Å². The fourth-order valence-corrected chi connectivity index (χ4v) is 1.03. The maximum absolute atomic E-state index is 5.40. The highest BCUT2D eigenvalue weighted by molar-refractivity contribution is 4.80. The predicted octanol–water partition coefficient (Wildman–Crippen LogP) is -0.0256. The maximum Gasteiger partial charge on any atom is 0.151 e. The van der Waals surface area contributed by atoms with Crippen LogP contribution in [0.3, 0.4) is 0 Å². The van der Waals surface area contributed by atoms with Crippen LogP contribution in [-0.2, 0) is 13.0 Å². The van der Waals surface area contributed by atoms with Crippen LogP contribution in [0.1, 0.15) is 25.6 Å². The molecular formula is C7H15N5. The number of hydrogen-bond acceptors (Lipinski definition) is 4. The van der Waals surface area contributed by atoms with Crippen LogP contribution in [-0.4, -0.2) is 26.8 Å². The molecule has 1 aromatic rings. The van der Waals surface area contributed by atoms with Crippen LogP contribution in [0.4, 0.5) is 0 Å². The molecule has 0 radical (unpaired) electrons. The van der Waals surface area contributed by atoms with Crippen LogP contribution >= 0.6 is 0 Å². The summed E-state index contributed by atoms with van der Waals surface area (Å²) in [6.07, 6.45) is 3.24. The number of aromatic nitrogens is 4. The van der Waals surface area contributed by atoms with Crippen molar-refractivity contribution in [2.75, 3.05) is 6.54 Å². The summed E-state index contributed by atoms with van der Waals surface area (Å²) in [5.74, 6) is 0.947. The topological polar surface area (TPSA) is 69.6 Å². The first kappa shape index (κ1) is 9.12. The van der Waals surface area contributed by atoms with Gasteiger partial charge in [-0.2, -0.15) is 0 Å². The Balaban J connectivity index is 2.51. The van der Waals surface area contributed by atoms with Gasteiger partial charge in [-0.1, -0.05) is 13.3 Å². The number of hydrogen-bond donors (Lipinski definition) is 1. The second-order valence-corrected chi connectivity index (χ2v) is 2.71. The maximum atomic E-state index is 5.40. The molecule has 0 saturated carbocycles. The van der Waals surface area contributed by atoms with Gasteiger partial charge in [0.05, 0.1) is 6.54 Å². The van der Waals surface area contributed by atoms with Crippen LogP contribution in [0.25, 0.3) is 0 Å². The first-order chi connectivity index (χ1) is 5.88. The monoisotopic (exact) mass is 169 g/mol. The molecule has 0 amide bonds. The third-order valence-corrected chi connectivity index (χ3v) is 1.70. The first-order valence-electron chi connectivity index (χ1n) is 4.33. The van der Waals surface area contributed by atoms with Crippen molar-refractivity contribution in [1.82, 2.24) is 20.2 Å². The number of nitrogens with zero attached hydrogens (tertiary/aromatic N) is 4. The van der Waals surface area contributed by atoms with E-state index in [1.54, 1.807) is 4.68 Å². The second kappa shape index (κ2) is 4.82. The minimum Gasteiger partial charge on any atom is -0.329 e. The van der Waals surface area contributed by atoms with Gasteiger partial charge in [-0.15, -0.1) is 5.10 Å². The van der Waals surface area contributed by atoms with Gasteiger partial charge in [-0.25, -0.2) is 4.68 Å². The molecule has 12 heavy (non-hydrogen) atoms. The lowest BCUT2D eigenvalue weighted by Gasteiger charge is -2.00. The van der Waals surface area contributed by atoms with Crippen LogP contribution in [0, 0.1) is 0 Å². The molecule has 0 fully saturated rings. The van der Waals surface area contributed by atoms with Crippen molar-refractivity contribution >= 4 is 0 Å². The molecule has 0 aliphatic carbocycles. The summed E-state index contributed by atoms with van der Waals surface area (Å²) in [5, 5.41) is 11.4. The summed E-state index contributed by atoms with van der Waals surface area (Å²) < 4.78 is 1.77. The summed E-state index contributed by atoms with van der Waals surface area (Å²) >= 11 is 0. The molecule has 0 aliphatic heterocycles. The van der Waals surface area contributed by atoms with E-state index in [-0.39, 0.29) is 0 Å². The molecule has 0 aromatic carbocycles. The molecule has 0 atom stereocenters. The Hall–Kier alpha value is -0.970. The SMILES string of the molecule is CCCCc1nnnn1CCN. The lowest BCUT2D eigenvalue weighted by atomic mass is 10.2. The Labute approximate surface area is 71.9 Å². The number of unbranched alkanes of at least 4 members (excludes halogenated alkanes) is 1. The largest absolute Gasteiger partial charge is 0.329 e. The standard InChI is InChI=1S/C7H15N5/c1-2-3-4-7-9-10-11-12(7)6-5-8/h2-6,8H2,1H3. The smallest absolute Gasteiger partial charge is 0.151 e. The van der Waals surface area contributed by atoms with Gasteiger partial charge >= 0.3 is 0 Å². The summed E-state index contributed by atoms with van der Waals surface area (Å²) in [7, 11) is 0. The van der Waals surface area contributed by atoms with Crippen molar-refractivity contribution in [3.8, 4) is 0 Å². The van der Waals surface area contributed by atoms with Crippen molar-refractivity contribution in [2.24, 2.45) is 5.73 Å². The highest BCUT2D eigenvalue weighted by atomic mass is 15.5. The molecule has 0 spiro atoms. The van der Waals surface area contributed by atoms with Crippen LogP contribution < -0.4 is 5.73 Å². The zero-order chi connectivity index (χ0) is 8.81. The summed E-state index contributed by atoms with van der Waals surface area (Å²) in [6.45, 7) is 3.45. The van der Waals surface area contributed by atoms with E-state index < -0.39 is 0 Å². The fraction of sp³-hybridized carbons (Fsp3) is 0.857. The van der Waals surface area contributed by atoms with Gasteiger partial charge in [-0.05, 0) is 16.8 Å². The third kappa shape index (κ3) is 2.27. The zero-order valence-electron chi connectivity index (χ0n) is 7.40. The molecule has 1 heterocycles. The summed E-state index contributed by atoms with van der Waals surface area (Å²) in [5.41, 5.74) is 5.40. The van der Waals surface area contributed by atoms with Gasteiger partial charge in [0.1, 0.15) is 0 Å². The average Bonchev–Trinajstić information content (AvgIpc) is 2.50. The Kier molecular flexibility index (Phi) is 3.66. The summed E-state index contributed by atoms with van der Waals surface area (Å²) in [4.78, 5) is 0. The van der Waals surface area contributed by atoms with Crippen molar-refractivity contribution in [3.05, 3.63) is 5.82 Å². The highest BCUT2D eigenvalue weighted by Crippen LogP contribution is 1.98. The van der Waals surface area contributed by atoms with Crippen LogP contribution in [0.5, 0.6) is 0 Å². The molecular weight excluding hydrogens is 154 g/mol. The van der Waals surface area contributed by atoms with E-state index in [2.05, 4.69) is 22.4 Å². The molecule has 0 bridgehead atoms. The fourth-order valence-electron chi connectivity index (χ4n) is 1.03. The molecule has 5 nitrogen and oxygen atoms in total. The van der Waals surface area contributed by atoms with Crippen LogP contribution in [0.15, 0.2) is 0 Å². The quantitative estimate of drug-likeness (QED) is 0.672. The van der Waals surface area contributed by atoms with E-state index in [4.69, 9.17) is 5.73 Å². The normalized spacial score (nSPS) is 10.5. The molecule has 2 N–H and O–H groups in total. The van der Waals surface area contributed by atoms with Crippen molar-refractivity contribution in [2.45, 2.75) is 32.7 Å². The average molecular weight is 169 g/mol. The van der Waals surface area contributed by atoms with Crippen molar-refractivity contribution in [3.63, 3.8) is 0 Å². The Morgan fingerprint density at radius 1 is 1.50 bits per heavy atom. The number of aryl methyl sites for hydroxylation is 1. The van der Waals surface area contributed by atoms with Crippen molar-refractivity contribution < 1.29 is 0 Å². The molecule has 0 unspecified atom stereocenters. The summed E-state index contributed by atoms with van der Waals surface area (Å²) in [6, 6.07) is 0. The third-order valence-electron chi connectivity index (χ3n) is 1.70. The van der Waals surface area contributed by atoms with Gasteiger partial charge in [-0.3, -0.25) is 0 Å². The number of nitrogens with two attached hydrogens (primary N) is 1. The molecule has 5 heteroatoms. The Morgan fingerprint density at radius 3 is 3.00 bits per heavy atom. The van der Waals surface area contributed by atoms with Gasteiger partial charge < -0.3 is 5.73 Å². The highest BCUT2D eigenvalue weighted by Gasteiger charge is 2.02. The number of tetrazole rings is 1. The van der Waals surface area contributed by atoms with Crippen molar-refractivity contribution in [1.29, 1.82) is 0 Å². The lowest BCUT2D eigenvalue weighted by molar-refractivity contribution is 0.564. The van der Waals surface area contributed by atoms with E-state index in [0.29, 0.717) is 13.1 Å². The number of rotatable bonds is 5. The molecule has 68 valence electrons. The first-order valence-corrected chi connectivity index (χ1v) is 4.33. The second-order valence-electron chi connectivity index (χ2n) is 2.71. The van der Waals surface area contributed by atoms with Gasteiger partial charge in [0.25, 0.3) is 0 Å². The van der Waals surface area contributed by atoms with E-state index >= 15 is 0 Å². The predicted molar refractivity (Wildman–Crippen MR) is 45.5 cm³/mol. The lowest BCUT2D eigenvalue weighted by Crippen LogP contribution is -2.14. The van der Waals surface area contributed by atoms with E-state index in [1.807, 2.05) is 0 Å². The minimum atomic E-state index is 0.587. The molecule has 1 aromatic heterocycles. The van der Waals surface area contributed by atoms with Crippen LogP contribution in [0.2, 0.25) is 0 Å².